The fourth-order valence-electron chi connectivity index (χ4n) is 2.98. The number of ether oxygens (including phenoxy) is 3. The molecule has 3 rings (SSSR count). The van der Waals surface area contributed by atoms with E-state index in [4.69, 9.17) is 19.3 Å². The number of hydrogen-bond donors (Lipinski definition) is 2. The van der Waals surface area contributed by atoms with Crippen molar-refractivity contribution in [1.82, 2.24) is 9.97 Å². The smallest absolute Gasteiger partial charge is 0.422 e. The van der Waals surface area contributed by atoms with Crippen LogP contribution in [0.2, 0.25) is 0 Å². The van der Waals surface area contributed by atoms with Crippen molar-refractivity contribution >= 4 is 26.7 Å². The Morgan fingerprint density at radius 1 is 1.06 bits per heavy atom. The van der Waals surface area contributed by atoms with E-state index >= 15 is 0 Å². The SMILES string of the molecule is CCOc1cc2c(NCc3cc(S(N)(=O)=O)ccc3OCC(F)(F)F)ncnc2cc1OC. The van der Waals surface area contributed by atoms with Crippen LogP contribution in [0, 0.1) is 0 Å². The Kier molecular flexibility index (Phi) is 7.12. The Morgan fingerprint density at radius 2 is 1.82 bits per heavy atom. The van der Waals surface area contributed by atoms with Gasteiger partial charge in [-0.2, -0.15) is 13.2 Å². The highest BCUT2D eigenvalue weighted by atomic mass is 32.2. The summed E-state index contributed by atoms with van der Waals surface area (Å²) in [6.07, 6.45) is -3.27. The molecule has 0 aliphatic heterocycles. The van der Waals surface area contributed by atoms with Crippen LogP contribution in [0.25, 0.3) is 10.9 Å². The molecule has 0 aliphatic carbocycles. The van der Waals surface area contributed by atoms with Crippen molar-refractivity contribution in [3.63, 3.8) is 0 Å². The number of benzene rings is 2. The molecule has 13 heteroatoms. The molecule has 0 saturated carbocycles. The Morgan fingerprint density at radius 3 is 2.45 bits per heavy atom. The highest BCUT2D eigenvalue weighted by Crippen LogP contribution is 2.34. The van der Waals surface area contributed by atoms with Gasteiger partial charge in [-0.15, -0.1) is 0 Å². The minimum absolute atomic E-state index is 0.112. The summed E-state index contributed by atoms with van der Waals surface area (Å²) in [5.74, 6) is 1.11. The quantitative estimate of drug-likeness (QED) is 0.472. The molecule has 0 bridgehead atoms. The van der Waals surface area contributed by atoms with E-state index in [2.05, 4.69) is 15.3 Å². The summed E-state index contributed by atoms with van der Waals surface area (Å²) in [7, 11) is -2.59. The summed E-state index contributed by atoms with van der Waals surface area (Å²) >= 11 is 0. The van der Waals surface area contributed by atoms with Crippen LogP contribution in [0.4, 0.5) is 19.0 Å². The third-order valence-corrected chi connectivity index (χ3v) is 5.33. The first-order valence-electron chi connectivity index (χ1n) is 9.56. The number of fused-ring (bicyclic) bond motifs is 1. The lowest BCUT2D eigenvalue weighted by Crippen LogP contribution is -2.20. The van der Waals surface area contributed by atoms with E-state index in [1.54, 1.807) is 12.1 Å². The summed E-state index contributed by atoms with van der Waals surface area (Å²) in [6, 6.07) is 6.67. The highest BCUT2D eigenvalue weighted by molar-refractivity contribution is 7.89. The molecule has 1 aromatic heterocycles. The molecule has 3 N–H and O–H groups in total. The molecule has 1 heterocycles. The zero-order valence-corrected chi connectivity index (χ0v) is 18.5. The van der Waals surface area contributed by atoms with Gasteiger partial charge in [-0.1, -0.05) is 0 Å². The molecule has 0 radical (unpaired) electrons. The van der Waals surface area contributed by atoms with Gasteiger partial charge in [0.05, 0.1) is 24.1 Å². The molecular weight excluding hydrogens is 465 g/mol. The Labute approximate surface area is 187 Å². The van der Waals surface area contributed by atoms with Crippen LogP contribution in [-0.2, 0) is 16.6 Å². The molecule has 0 amide bonds. The van der Waals surface area contributed by atoms with Crippen LogP contribution in [0.15, 0.2) is 41.6 Å². The van der Waals surface area contributed by atoms with Gasteiger partial charge in [-0.25, -0.2) is 23.5 Å². The maximum absolute atomic E-state index is 12.6. The van der Waals surface area contributed by atoms with Crippen molar-refractivity contribution < 1.29 is 35.8 Å². The predicted molar refractivity (Wildman–Crippen MR) is 114 cm³/mol. The van der Waals surface area contributed by atoms with Gasteiger partial charge in [0, 0.05) is 23.6 Å². The molecule has 0 atom stereocenters. The number of nitrogens with one attached hydrogen (secondary N) is 1. The second-order valence-corrected chi connectivity index (χ2v) is 8.31. The summed E-state index contributed by atoms with van der Waals surface area (Å²) in [5, 5.41) is 8.70. The average molecular weight is 486 g/mol. The van der Waals surface area contributed by atoms with E-state index in [9.17, 15) is 21.6 Å². The minimum atomic E-state index is -4.57. The molecular formula is C20H21F3N4O5S. The molecule has 0 unspecified atom stereocenters. The zero-order valence-electron chi connectivity index (χ0n) is 17.6. The molecule has 0 spiro atoms. The summed E-state index contributed by atoms with van der Waals surface area (Å²) in [6.45, 7) is 0.547. The van der Waals surface area contributed by atoms with Gasteiger partial charge in [0.25, 0.3) is 0 Å². The Balaban J connectivity index is 1.97. The lowest BCUT2D eigenvalue weighted by molar-refractivity contribution is -0.153. The lowest BCUT2D eigenvalue weighted by atomic mass is 10.1. The maximum Gasteiger partial charge on any atom is 0.422 e. The zero-order chi connectivity index (χ0) is 24.2. The first-order valence-corrected chi connectivity index (χ1v) is 11.1. The van der Waals surface area contributed by atoms with Crippen molar-refractivity contribution in [2.75, 3.05) is 25.6 Å². The van der Waals surface area contributed by atoms with Crippen LogP contribution in [0.1, 0.15) is 12.5 Å². The number of methoxy groups -OCH3 is 1. The number of halogens is 3. The first kappa shape index (κ1) is 24.3. The fourth-order valence-corrected chi connectivity index (χ4v) is 3.55. The third-order valence-electron chi connectivity index (χ3n) is 4.42. The predicted octanol–water partition coefficient (Wildman–Crippen LogP) is 3.24. The van der Waals surface area contributed by atoms with Crippen molar-refractivity contribution in [3.05, 3.63) is 42.2 Å². The fraction of sp³-hybridized carbons (Fsp3) is 0.300. The van der Waals surface area contributed by atoms with Crippen LogP contribution < -0.4 is 24.7 Å². The molecule has 0 saturated heterocycles. The molecule has 178 valence electrons. The molecule has 3 aromatic rings. The van der Waals surface area contributed by atoms with Gasteiger partial charge >= 0.3 is 6.18 Å². The number of aromatic nitrogens is 2. The van der Waals surface area contributed by atoms with Gasteiger partial charge in [0.15, 0.2) is 18.1 Å². The van der Waals surface area contributed by atoms with E-state index in [0.717, 1.165) is 18.2 Å². The summed E-state index contributed by atoms with van der Waals surface area (Å²) in [5.41, 5.74) is 0.663. The van der Waals surface area contributed by atoms with Gasteiger partial charge < -0.3 is 19.5 Å². The summed E-state index contributed by atoms with van der Waals surface area (Å²) in [4.78, 5) is 8.11. The second-order valence-electron chi connectivity index (χ2n) is 6.75. The minimum Gasteiger partial charge on any atom is -0.493 e. The number of nitrogens with zero attached hydrogens (tertiary/aromatic N) is 2. The number of rotatable bonds is 9. The van der Waals surface area contributed by atoms with Crippen LogP contribution in [0.5, 0.6) is 17.2 Å². The molecule has 0 fully saturated rings. The molecule has 0 aliphatic rings. The van der Waals surface area contributed by atoms with Crippen molar-refractivity contribution in [1.29, 1.82) is 0 Å². The maximum atomic E-state index is 12.6. The van der Waals surface area contributed by atoms with Gasteiger partial charge in [0.1, 0.15) is 17.9 Å². The van der Waals surface area contributed by atoms with Gasteiger partial charge in [-0.3, -0.25) is 0 Å². The van der Waals surface area contributed by atoms with E-state index in [-0.39, 0.29) is 22.8 Å². The molecule has 33 heavy (non-hydrogen) atoms. The van der Waals surface area contributed by atoms with Gasteiger partial charge in [-0.05, 0) is 31.2 Å². The standard InChI is InChI=1S/C20H21F3N4O5S/c1-3-31-18-7-14-15(8-17(18)30-2)26-11-27-19(14)25-9-12-6-13(33(24,28)29)4-5-16(12)32-10-20(21,22)23/h4-8,11H,3,9-10H2,1-2H3,(H2,24,28,29)(H,25,26,27). The van der Waals surface area contributed by atoms with Crippen molar-refractivity contribution in [2.24, 2.45) is 5.14 Å². The average Bonchev–Trinajstić information content (AvgIpc) is 2.75. The number of hydrogen-bond acceptors (Lipinski definition) is 8. The van der Waals surface area contributed by atoms with Crippen LogP contribution in [0.3, 0.4) is 0 Å². The number of anilines is 1. The normalized spacial score (nSPS) is 11.9. The lowest BCUT2D eigenvalue weighted by Gasteiger charge is -2.16. The van der Waals surface area contributed by atoms with E-state index in [1.165, 1.54) is 13.4 Å². The number of alkyl halides is 3. The van der Waals surface area contributed by atoms with E-state index in [0.29, 0.717) is 34.8 Å². The number of nitrogens with two attached hydrogens (primary N) is 1. The van der Waals surface area contributed by atoms with Crippen molar-refractivity contribution in [3.8, 4) is 17.2 Å². The number of sulfonamides is 1. The van der Waals surface area contributed by atoms with E-state index < -0.39 is 22.8 Å². The van der Waals surface area contributed by atoms with Gasteiger partial charge in [0.2, 0.25) is 10.0 Å². The number of primary sulfonamides is 1. The first-order chi connectivity index (χ1) is 15.5. The second kappa shape index (κ2) is 9.67. The molecule has 9 nitrogen and oxygen atoms in total. The monoisotopic (exact) mass is 486 g/mol. The van der Waals surface area contributed by atoms with Crippen LogP contribution in [-0.4, -0.2) is 44.9 Å². The Bertz CT molecular complexity index is 1250. The summed E-state index contributed by atoms with van der Waals surface area (Å²) < 4.78 is 77.1. The Hall–Kier alpha value is -3.32. The van der Waals surface area contributed by atoms with Crippen LogP contribution >= 0.6 is 0 Å². The third kappa shape index (κ3) is 6.14. The highest BCUT2D eigenvalue weighted by Gasteiger charge is 2.29. The van der Waals surface area contributed by atoms with Crippen molar-refractivity contribution in [2.45, 2.75) is 24.5 Å². The van der Waals surface area contributed by atoms with E-state index in [1.807, 2.05) is 6.92 Å². The topological polar surface area (TPSA) is 126 Å². The molecule has 2 aromatic carbocycles. The largest absolute Gasteiger partial charge is 0.493 e.